The fourth-order valence-electron chi connectivity index (χ4n) is 3.60. The van der Waals surface area contributed by atoms with Gasteiger partial charge in [0, 0.05) is 19.1 Å². The van der Waals surface area contributed by atoms with Crippen molar-refractivity contribution in [3.63, 3.8) is 0 Å². The zero-order valence-corrected chi connectivity index (χ0v) is 19.0. The minimum Gasteiger partial charge on any atom is -0.452 e. The summed E-state index contributed by atoms with van der Waals surface area (Å²) in [5, 5.41) is 4.81. The van der Waals surface area contributed by atoms with Crippen LogP contribution in [-0.2, 0) is 24.3 Å². The van der Waals surface area contributed by atoms with Crippen LogP contribution in [0.15, 0.2) is 23.1 Å². The van der Waals surface area contributed by atoms with Gasteiger partial charge < -0.3 is 14.8 Å². The van der Waals surface area contributed by atoms with Crippen molar-refractivity contribution >= 4 is 39.5 Å². The Morgan fingerprint density at radius 1 is 1.12 bits per heavy atom. The molecule has 1 aromatic carbocycles. The number of morpholine rings is 1. The molecule has 1 aliphatic heterocycles. The molecule has 1 saturated heterocycles. The van der Waals surface area contributed by atoms with Gasteiger partial charge in [0.05, 0.1) is 23.8 Å². The van der Waals surface area contributed by atoms with Gasteiger partial charge in [-0.15, -0.1) is 0 Å². The van der Waals surface area contributed by atoms with E-state index in [2.05, 4.69) is 10.6 Å². The van der Waals surface area contributed by atoms with E-state index in [4.69, 9.17) is 21.1 Å². The third-order valence-electron chi connectivity index (χ3n) is 5.28. The molecule has 3 amide bonds. The molecular formula is C20H26ClN3O7S. The van der Waals surface area contributed by atoms with Gasteiger partial charge in [-0.3, -0.25) is 10.1 Å². The first-order valence-corrected chi connectivity index (χ1v) is 12.2. The number of nitrogens with zero attached hydrogens (tertiary/aromatic N) is 1. The number of rotatable bonds is 6. The molecule has 2 N–H and O–H groups in total. The first-order chi connectivity index (χ1) is 15.3. The summed E-state index contributed by atoms with van der Waals surface area (Å²) in [7, 11) is -3.93. The van der Waals surface area contributed by atoms with Crippen molar-refractivity contribution in [3.05, 3.63) is 28.8 Å². The molecular weight excluding hydrogens is 462 g/mol. The van der Waals surface area contributed by atoms with E-state index in [0.717, 1.165) is 38.2 Å². The molecule has 176 valence electrons. The van der Waals surface area contributed by atoms with Crippen LogP contribution in [-0.4, -0.2) is 69.6 Å². The second-order valence-electron chi connectivity index (χ2n) is 7.59. The van der Waals surface area contributed by atoms with Crippen molar-refractivity contribution in [2.45, 2.75) is 43.0 Å². The monoisotopic (exact) mass is 487 g/mol. The molecule has 1 heterocycles. The lowest BCUT2D eigenvalue weighted by Gasteiger charge is -2.26. The normalized spacial score (nSPS) is 18.0. The number of sulfonamides is 1. The lowest BCUT2D eigenvalue weighted by atomic mass is 9.96. The Morgan fingerprint density at radius 3 is 2.50 bits per heavy atom. The van der Waals surface area contributed by atoms with Crippen LogP contribution in [0.1, 0.15) is 42.5 Å². The number of hydrogen-bond donors (Lipinski definition) is 2. The molecule has 2 aliphatic rings. The highest BCUT2D eigenvalue weighted by Gasteiger charge is 2.29. The van der Waals surface area contributed by atoms with Gasteiger partial charge in [0.2, 0.25) is 10.0 Å². The molecule has 32 heavy (non-hydrogen) atoms. The number of esters is 1. The van der Waals surface area contributed by atoms with Crippen LogP contribution in [0.4, 0.5) is 4.79 Å². The quantitative estimate of drug-likeness (QED) is 0.583. The zero-order chi connectivity index (χ0) is 23.1. The topological polar surface area (TPSA) is 131 Å². The summed E-state index contributed by atoms with van der Waals surface area (Å²) in [6, 6.07) is 3.09. The lowest BCUT2D eigenvalue weighted by Crippen LogP contribution is -2.46. The Bertz CT molecular complexity index is 958. The summed E-state index contributed by atoms with van der Waals surface area (Å²) in [6.07, 6.45) is 4.92. The fourth-order valence-corrected chi connectivity index (χ4v) is 5.51. The van der Waals surface area contributed by atoms with E-state index in [1.165, 1.54) is 16.4 Å². The van der Waals surface area contributed by atoms with E-state index in [9.17, 15) is 22.8 Å². The maximum atomic E-state index is 12.9. The number of hydrogen-bond acceptors (Lipinski definition) is 7. The van der Waals surface area contributed by atoms with Gasteiger partial charge in [0.1, 0.15) is 4.90 Å². The van der Waals surface area contributed by atoms with Crippen LogP contribution in [0.25, 0.3) is 0 Å². The minimum absolute atomic E-state index is 0.0278. The number of benzene rings is 1. The van der Waals surface area contributed by atoms with Crippen LogP contribution in [0.2, 0.25) is 5.02 Å². The van der Waals surface area contributed by atoms with Gasteiger partial charge in [-0.2, -0.15) is 4.31 Å². The van der Waals surface area contributed by atoms with Crippen LogP contribution < -0.4 is 10.6 Å². The molecule has 3 rings (SSSR count). The van der Waals surface area contributed by atoms with Crippen LogP contribution in [0.3, 0.4) is 0 Å². The second-order valence-corrected chi connectivity index (χ2v) is 9.91. The average Bonchev–Trinajstić information content (AvgIpc) is 2.79. The fraction of sp³-hybridized carbons (Fsp3) is 0.550. The molecule has 0 spiro atoms. The van der Waals surface area contributed by atoms with Crippen molar-refractivity contribution in [1.29, 1.82) is 0 Å². The number of ether oxygens (including phenoxy) is 2. The first-order valence-electron chi connectivity index (χ1n) is 10.4. The molecule has 0 atom stereocenters. The number of urea groups is 1. The molecule has 2 fully saturated rings. The van der Waals surface area contributed by atoms with Crippen LogP contribution >= 0.6 is 11.6 Å². The Hall–Kier alpha value is -2.21. The third kappa shape index (κ3) is 6.41. The van der Waals surface area contributed by atoms with Crippen molar-refractivity contribution in [1.82, 2.24) is 14.9 Å². The molecule has 12 heteroatoms. The van der Waals surface area contributed by atoms with E-state index < -0.39 is 34.5 Å². The summed E-state index contributed by atoms with van der Waals surface area (Å²) >= 11 is 6.07. The van der Waals surface area contributed by atoms with E-state index >= 15 is 0 Å². The molecule has 0 radical (unpaired) electrons. The van der Waals surface area contributed by atoms with Gasteiger partial charge in [-0.25, -0.2) is 18.0 Å². The molecule has 10 nitrogen and oxygen atoms in total. The molecule has 1 saturated carbocycles. The molecule has 0 bridgehead atoms. The summed E-state index contributed by atoms with van der Waals surface area (Å²) < 4.78 is 37.0. The Labute approximate surface area is 191 Å². The van der Waals surface area contributed by atoms with E-state index in [1.807, 2.05) is 0 Å². The van der Waals surface area contributed by atoms with E-state index in [-0.39, 0.29) is 47.8 Å². The van der Waals surface area contributed by atoms with Crippen LogP contribution in [0, 0.1) is 0 Å². The Kier molecular flexibility index (Phi) is 8.46. The van der Waals surface area contributed by atoms with Gasteiger partial charge in [-0.1, -0.05) is 30.9 Å². The highest BCUT2D eigenvalue weighted by molar-refractivity contribution is 7.89. The van der Waals surface area contributed by atoms with Gasteiger partial charge >= 0.3 is 12.0 Å². The van der Waals surface area contributed by atoms with Crippen molar-refractivity contribution in [3.8, 4) is 0 Å². The number of imide groups is 1. The number of carbonyl (C=O) groups is 3. The number of carbonyl (C=O) groups excluding carboxylic acids is 3. The standard InChI is InChI=1S/C20H26ClN3O7S/c21-16-7-6-14(12-17(16)32(28,29)24-8-10-30-11-9-24)19(26)31-13-18(25)23-20(27)22-15-4-2-1-3-5-15/h6-7,12,15H,1-5,8-11,13H2,(H2,22,23,25,27). The number of amides is 3. The van der Waals surface area contributed by atoms with Gasteiger partial charge in [0.15, 0.2) is 6.61 Å². The second kappa shape index (κ2) is 11.1. The maximum absolute atomic E-state index is 12.9. The van der Waals surface area contributed by atoms with Crippen molar-refractivity contribution in [2.75, 3.05) is 32.9 Å². The average molecular weight is 488 g/mol. The number of halogens is 1. The van der Waals surface area contributed by atoms with Crippen molar-refractivity contribution < 1.29 is 32.3 Å². The minimum atomic E-state index is -3.93. The van der Waals surface area contributed by atoms with Gasteiger partial charge in [0.25, 0.3) is 5.91 Å². The summed E-state index contributed by atoms with van der Waals surface area (Å²) in [5.41, 5.74) is -0.0827. The highest BCUT2D eigenvalue weighted by atomic mass is 35.5. The number of nitrogens with one attached hydrogen (secondary N) is 2. The zero-order valence-electron chi connectivity index (χ0n) is 17.5. The smallest absolute Gasteiger partial charge is 0.338 e. The highest BCUT2D eigenvalue weighted by Crippen LogP contribution is 2.26. The predicted octanol–water partition coefficient (Wildman–Crippen LogP) is 1.68. The van der Waals surface area contributed by atoms with Gasteiger partial charge in [-0.05, 0) is 31.0 Å². The van der Waals surface area contributed by atoms with Crippen LogP contribution in [0.5, 0.6) is 0 Å². The lowest BCUT2D eigenvalue weighted by molar-refractivity contribution is -0.123. The van der Waals surface area contributed by atoms with Crippen molar-refractivity contribution in [2.24, 2.45) is 0 Å². The first kappa shape index (κ1) is 24.4. The largest absolute Gasteiger partial charge is 0.452 e. The molecule has 1 aliphatic carbocycles. The maximum Gasteiger partial charge on any atom is 0.338 e. The summed E-state index contributed by atoms with van der Waals surface area (Å²) in [5.74, 6) is -1.70. The molecule has 1 aromatic rings. The molecule has 0 aromatic heterocycles. The summed E-state index contributed by atoms with van der Waals surface area (Å²) in [6.45, 7) is 0.196. The summed E-state index contributed by atoms with van der Waals surface area (Å²) in [4.78, 5) is 35.9. The Balaban J connectivity index is 1.56. The Morgan fingerprint density at radius 2 is 1.81 bits per heavy atom. The van der Waals surface area contributed by atoms with E-state index in [0.29, 0.717) is 0 Å². The van der Waals surface area contributed by atoms with E-state index in [1.54, 1.807) is 0 Å². The predicted molar refractivity (Wildman–Crippen MR) is 115 cm³/mol. The molecule has 0 unspecified atom stereocenters. The SMILES string of the molecule is O=C(COC(=O)c1ccc(Cl)c(S(=O)(=O)N2CCOCC2)c1)NC(=O)NC1CCCCC1. The third-order valence-corrected chi connectivity index (χ3v) is 7.66.